The first kappa shape index (κ1) is 20.6. The summed E-state index contributed by atoms with van der Waals surface area (Å²) in [5.74, 6) is -1.14. The molecular formula is C20H26FN3O3. The molecule has 2 N–H and O–H groups in total. The number of hydrogen-bond donors (Lipinski definition) is 2. The molecule has 0 bridgehead atoms. The second kappa shape index (κ2) is 9.85. The molecule has 7 heteroatoms. The van der Waals surface area contributed by atoms with Crippen LogP contribution in [0.4, 0.5) is 4.39 Å². The summed E-state index contributed by atoms with van der Waals surface area (Å²) >= 11 is 0. The van der Waals surface area contributed by atoms with Crippen LogP contribution >= 0.6 is 0 Å². The van der Waals surface area contributed by atoms with Gasteiger partial charge in [0.1, 0.15) is 11.9 Å². The first-order chi connectivity index (χ1) is 13.0. The van der Waals surface area contributed by atoms with Crippen LogP contribution in [-0.4, -0.2) is 48.3 Å². The Hall–Kier alpha value is -2.70. The van der Waals surface area contributed by atoms with Gasteiger partial charge in [-0.1, -0.05) is 13.0 Å². The van der Waals surface area contributed by atoms with E-state index in [2.05, 4.69) is 17.2 Å². The SMILES string of the molecule is C=CCNC(=O)C(NC(=O)c1ccc(F)cc1)C1CCN(C(=O)CC)CC1. The van der Waals surface area contributed by atoms with Gasteiger partial charge >= 0.3 is 0 Å². The van der Waals surface area contributed by atoms with Gasteiger partial charge in [-0.15, -0.1) is 6.58 Å². The molecule has 0 aromatic heterocycles. The molecule has 0 saturated carbocycles. The lowest BCUT2D eigenvalue weighted by Crippen LogP contribution is -2.53. The summed E-state index contributed by atoms with van der Waals surface area (Å²) < 4.78 is 13.1. The third-order valence-corrected chi connectivity index (χ3v) is 4.76. The van der Waals surface area contributed by atoms with Gasteiger partial charge in [0.15, 0.2) is 0 Å². The number of likely N-dealkylation sites (tertiary alicyclic amines) is 1. The van der Waals surface area contributed by atoms with Crippen LogP contribution in [0.15, 0.2) is 36.9 Å². The highest BCUT2D eigenvalue weighted by atomic mass is 19.1. The fourth-order valence-electron chi connectivity index (χ4n) is 3.21. The van der Waals surface area contributed by atoms with Crippen LogP contribution in [-0.2, 0) is 9.59 Å². The number of carbonyl (C=O) groups excluding carboxylic acids is 3. The minimum Gasteiger partial charge on any atom is -0.351 e. The average Bonchev–Trinajstić information content (AvgIpc) is 2.70. The number of benzene rings is 1. The Bertz CT molecular complexity index is 682. The van der Waals surface area contributed by atoms with E-state index >= 15 is 0 Å². The summed E-state index contributed by atoms with van der Waals surface area (Å²) in [7, 11) is 0. The first-order valence-electron chi connectivity index (χ1n) is 9.19. The zero-order valence-corrected chi connectivity index (χ0v) is 15.5. The second-order valence-electron chi connectivity index (χ2n) is 6.56. The first-order valence-corrected chi connectivity index (χ1v) is 9.19. The molecule has 1 saturated heterocycles. The molecule has 2 rings (SSSR count). The molecule has 1 aromatic carbocycles. The lowest BCUT2D eigenvalue weighted by Gasteiger charge is -2.35. The van der Waals surface area contributed by atoms with Crippen molar-refractivity contribution in [3.8, 4) is 0 Å². The van der Waals surface area contributed by atoms with Crippen LogP contribution in [0, 0.1) is 11.7 Å². The Labute approximate surface area is 158 Å². The van der Waals surface area contributed by atoms with Gasteiger partial charge in [0.2, 0.25) is 11.8 Å². The summed E-state index contributed by atoms with van der Waals surface area (Å²) in [4.78, 5) is 38.7. The summed E-state index contributed by atoms with van der Waals surface area (Å²) in [5, 5.41) is 5.51. The van der Waals surface area contributed by atoms with E-state index in [1.807, 2.05) is 6.92 Å². The predicted molar refractivity (Wildman–Crippen MR) is 100 cm³/mol. The van der Waals surface area contributed by atoms with E-state index in [1.165, 1.54) is 24.3 Å². The summed E-state index contributed by atoms with van der Waals surface area (Å²) in [6.45, 7) is 6.83. The summed E-state index contributed by atoms with van der Waals surface area (Å²) in [6.07, 6.45) is 3.28. The number of piperidine rings is 1. The number of hydrogen-bond acceptors (Lipinski definition) is 3. The van der Waals surface area contributed by atoms with Gasteiger partial charge in [-0.05, 0) is 43.0 Å². The van der Waals surface area contributed by atoms with Gasteiger partial charge in [0, 0.05) is 31.6 Å². The topological polar surface area (TPSA) is 78.5 Å². The van der Waals surface area contributed by atoms with E-state index in [9.17, 15) is 18.8 Å². The largest absolute Gasteiger partial charge is 0.351 e. The van der Waals surface area contributed by atoms with Crippen molar-refractivity contribution in [2.45, 2.75) is 32.2 Å². The minimum absolute atomic E-state index is 0.0832. The molecule has 6 nitrogen and oxygen atoms in total. The third kappa shape index (κ3) is 5.64. The van der Waals surface area contributed by atoms with Crippen molar-refractivity contribution in [2.24, 2.45) is 5.92 Å². The van der Waals surface area contributed by atoms with E-state index in [-0.39, 0.29) is 23.3 Å². The van der Waals surface area contributed by atoms with E-state index in [0.717, 1.165) is 0 Å². The molecule has 1 aromatic rings. The molecule has 1 heterocycles. The molecule has 0 aliphatic carbocycles. The van der Waals surface area contributed by atoms with E-state index in [4.69, 9.17) is 0 Å². The van der Waals surface area contributed by atoms with Crippen molar-refractivity contribution in [1.82, 2.24) is 15.5 Å². The van der Waals surface area contributed by atoms with Gasteiger partial charge < -0.3 is 15.5 Å². The van der Waals surface area contributed by atoms with Gasteiger partial charge in [-0.25, -0.2) is 4.39 Å². The highest BCUT2D eigenvalue weighted by molar-refractivity contribution is 5.97. The lowest BCUT2D eigenvalue weighted by molar-refractivity contribution is -0.132. The Balaban J connectivity index is 2.08. The lowest BCUT2D eigenvalue weighted by atomic mass is 9.88. The molecule has 3 amide bonds. The van der Waals surface area contributed by atoms with Crippen LogP contribution in [0.3, 0.4) is 0 Å². The van der Waals surface area contributed by atoms with Gasteiger partial charge in [0.25, 0.3) is 5.91 Å². The van der Waals surface area contributed by atoms with Crippen molar-refractivity contribution in [1.29, 1.82) is 0 Å². The van der Waals surface area contributed by atoms with Crippen LogP contribution in [0.25, 0.3) is 0 Å². The molecule has 146 valence electrons. The van der Waals surface area contributed by atoms with E-state index < -0.39 is 17.8 Å². The molecule has 27 heavy (non-hydrogen) atoms. The van der Waals surface area contributed by atoms with Crippen LogP contribution in [0.5, 0.6) is 0 Å². The number of amides is 3. The number of nitrogens with zero attached hydrogens (tertiary/aromatic N) is 1. The van der Waals surface area contributed by atoms with Crippen LogP contribution < -0.4 is 10.6 Å². The Kier molecular flexibility index (Phi) is 7.52. The summed E-state index contributed by atoms with van der Waals surface area (Å²) in [5.41, 5.74) is 0.288. The van der Waals surface area contributed by atoms with Crippen molar-refractivity contribution in [3.63, 3.8) is 0 Å². The van der Waals surface area contributed by atoms with E-state index in [0.29, 0.717) is 38.9 Å². The minimum atomic E-state index is -0.721. The van der Waals surface area contributed by atoms with Crippen molar-refractivity contribution >= 4 is 17.7 Å². The zero-order valence-electron chi connectivity index (χ0n) is 15.5. The molecule has 0 spiro atoms. The number of rotatable bonds is 7. The number of carbonyl (C=O) groups is 3. The fourth-order valence-corrected chi connectivity index (χ4v) is 3.21. The average molecular weight is 375 g/mol. The van der Waals surface area contributed by atoms with Crippen LogP contribution in [0.2, 0.25) is 0 Å². The molecule has 1 unspecified atom stereocenters. The third-order valence-electron chi connectivity index (χ3n) is 4.76. The van der Waals surface area contributed by atoms with Crippen LogP contribution in [0.1, 0.15) is 36.5 Å². The highest BCUT2D eigenvalue weighted by Crippen LogP contribution is 2.22. The quantitative estimate of drug-likeness (QED) is 0.714. The second-order valence-corrected chi connectivity index (χ2v) is 6.56. The van der Waals surface area contributed by atoms with Crippen molar-refractivity contribution < 1.29 is 18.8 Å². The molecular weight excluding hydrogens is 349 g/mol. The maximum atomic E-state index is 13.1. The number of halogens is 1. The number of nitrogens with one attached hydrogen (secondary N) is 2. The van der Waals surface area contributed by atoms with Crippen molar-refractivity contribution in [3.05, 3.63) is 48.3 Å². The molecule has 0 radical (unpaired) electrons. The predicted octanol–water partition coefficient (Wildman–Crippen LogP) is 1.87. The summed E-state index contributed by atoms with van der Waals surface area (Å²) in [6, 6.07) is 4.45. The maximum absolute atomic E-state index is 13.1. The van der Waals surface area contributed by atoms with Gasteiger partial charge in [-0.3, -0.25) is 14.4 Å². The van der Waals surface area contributed by atoms with Gasteiger partial charge in [0.05, 0.1) is 0 Å². The molecule has 1 aliphatic rings. The maximum Gasteiger partial charge on any atom is 0.251 e. The molecule has 1 atom stereocenters. The normalized spacial score (nSPS) is 15.7. The zero-order chi connectivity index (χ0) is 19.8. The Morgan fingerprint density at radius 2 is 1.89 bits per heavy atom. The molecule has 1 fully saturated rings. The standard InChI is InChI=1S/C20H26FN3O3/c1-3-11-22-20(27)18(14-9-12-24(13-10-14)17(25)4-2)23-19(26)15-5-7-16(21)8-6-15/h3,5-8,14,18H,1,4,9-13H2,2H3,(H,22,27)(H,23,26). The Morgan fingerprint density at radius 1 is 1.26 bits per heavy atom. The monoisotopic (exact) mass is 375 g/mol. The van der Waals surface area contributed by atoms with Crippen molar-refractivity contribution in [2.75, 3.05) is 19.6 Å². The fraction of sp³-hybridized carbons (Fsp3) is 0.450. The Morgan fingerprint density at radius 3 is 2.44 bits per heavy atom. The molecule has 1 aliphatic heterocycles. The highest BCUT2D eigenvalue weighted by Gasteiger charge is 2.33. The smallest absolute Gasteiger partial charge is 0.251 e. The van der Waals surface area contributed by atoms with E-state index in [1.54, 1.807) is 11.0 Å². The van der Waals surface area contributed by atoms with Gasteiger partial charge in [-0.2, -0.15) is 0 Å².